The van der Waals surface area contributed by atoms with E-state index < -0.39 is 15.9 Å². The van der Waals surface area contributed by atoms with Crippen LogP contribution in [0.2, 0.25) is 0 Å². The Morgan fingerprint density at radius 2 is 1.67 bits per heavy atom. The third-order valence-corrected chi connectivity index (χ3v) is 5.07. The average molecular weight is 391 g/mol. The van der Waals surface area contributed by atoms with Gasteiger partial charge in [-0.25, -0.2) is 8.42 Å². The van der Waals surface area contributed by atoms with Gasteiger partial charge in [0.2, 0.25) is 15.9 Å². The number of aryl methyl sites for hydroxylation is 1. The third kappa shape index (κ3) is 6.29. The number of amides is 1. The zero-order valence-corrected chi connectivity index (χ0v) is 16.8. The highest BCUT2D eigenvalue weighted by atomic mass is 32.2. The van der Waals surface area contributed by atoms with Gasteiger partial charge in [-0.15, -0.1) is 0 Å². The van der Waals surface area contributed by atoms with Gasteiger partial charge in [0, 0.05) is 5.69 Å². The zero-order chi connectivity index (χ0) is 19.9. The number of hydrogen-bond acceptors (Lipinski definition) is 4. The number of sulfonamides is 1. The lowest BCUT2D eigenvalue weighted by atomic mass is 10.1. The van der Waals surface area contributed by atoms with Gasteiger partial charge >= 0.3 is 0 Å². The van der Waals surface area contributed by atoms with Gasteiger partial charge in [0.15, 0.2) is 0 Å². The number of nitrogens with one attached hydrogen (secondary N) is 1. The molecule has 0 aliphatic carbocycles. The average Bonchev–Trinajstić information content (AvgIpc) is 2.65. The van der Waals surface area contributed by atoms with Gasteiger partial charge in [-0.3, -0.25) is 9.10 Å². The van der Waals surface area contributed by atoms with Crippen LogP contribution in [0.15, 0.2) is 48.5 Å². The molecule has 0 aromatic heterocycles. The smallest absolute Gasteiger partial charge is 0.245 e. The van der Waals surface area contributed by atoms with Crippen LogP contribution in [-0.4, -0.2) is 33.7 Å². The molecule has 0 aliphatic rings. The number of carbonyl (C=O) groups is 1. The van der Waals surface area contributed by atoms with Crippen molar-refractivity contribution in [1.82, 2.24) is 0 Å². The molecule has 2 aromatic carbocycles. The number of anilines is 2. The minimum atomic E-state index is -3.61. The highest BCUT2D eigenvalue weighted by Crippen LogP contribution is 2.22. The molecule has 2 rings (SSSR count). The van der Waals surface area contributed by atoms with Crippen molar-refractivity contribution in [2.45, 2.75) is 26.7 Å². The van der Waals surface area contributed by atoms with Crippen molar-refractivity contribution < 1.29 is 17.9 Å². The molecule has 7 heteroatoms. The molecule has 0 saturated heterocycles. The van der Waals surface area contributed by atoms with E-state index in [4.69, 9.17) is 4.74 Å². The molecule has 0 radical (unpaired) electrons. The predicted molar refractivity (Wildman–Crippen MR) is 109 cm³/mol. The molecule has 0 bridgehead atoms. The van der Waals surface area contributed by atoms with E-state index in [1.807, 2.05) is 19.1 Å². The minimum absolute atomic E-state index is 0.302. The first-order chi connectivity index (χ1) is 12.8. The molecule has 1 amide bonds. The molecule has 0 atom stereocenters. The fraction of sp³-hybridized carbons (Fsp3) is 0.350. The van der Waals surface area contributed by atoms with Crippen molar-refractivity contribution >= 4 is 27.3 Å². The largest absolute Gasteiger partial charge is 0.494 e. The highest BCUT2D eigenvalue weighted by molar-refractivity contribution is 7.92. The predicted octanol–water partition coefficient (Wildman–Crippen LogP) is 3.44. The van der Waals surface area contributed by atoms with E-state index in [0.29, 0.717) is 23.7 Å². The standard InChI is InChI=1S/C20H26N2O4S/c1-4-14-26-19-12-10-18(11-13-19)22(27(3,24)25)15-20(23)21-17-8-6-16(5-2)7-9-17/h6-13H,4-5,14-15H2,1-3H3,(H,21,23). The Labute approximate surface area is 161 Å². The second-order valence-electron chi connectivity index (χ2n) is 6.21. The second kappa shape index (κ2) is 9.41. The van der Waals surface area contributed by atoms with Gasteiger partial charge in [-0.2, -0.15) is 0 Å². The summed E-state index contributed by atoms with van der Waals surface area (Å²) >= 11 is 0. The van der Waals surface area contributed by atoms with Crippen molar-refractivity contribution in [2.24, 2.45) is 0 Å². The quantitative estimate of drug-likeness (QED) is 0.712. The molecule has 146 valence electrons. The van der Waals surface area contributed by atoms with Crippen molar-refractivity contribution in [2.75, 3.05) is 29.0 Å². The van der Waals surface area contributed by atoms with E-state index in [1.54, 1.807) is 36.4 Å². The summed E-state index contributed by atoms with van der Waals surface area (Å²) in [5, 5.41) is 2.74. The number of carbonyl (C=O) groups excluding carboxylic acids is 1. The van der Waals surface area contributed by atoms with Crippen LogP contribution in [0.5, 0.6) is 5.75 Å². The Morgan fingerprint density at radius 1 is 1.04 bits per heavy atom. The molecule has 2 aromatic rings. The van der Waals surface area contributed by atoms with Crippen LogP contribution < -0.4 is 14.4 Å². The Morgan fingerprint density at radius 3 is 2.19 bits per heavy atom. The normalized spacial score (nSPS) is 11.1. The lowest BCUT2D eigenvalue weighted by molar-refractivity contribution is -0.114. The number of benzene rings is 2. The topological polar surface area (TPSA) is 75.7 Å². The van der Waals surface area contributed by atoms with Crippen molar-refractivity contribution in [1.29, 1.82) is 0 Å². The molecule has 0 heterocycles. The molecule has 0 spiro atoms. The summed E-state index contributed by atoms with van der Waals surface area (Å²) in [4.78, 5) is 12.4. The minimum Gasteiger partial charge on any atom is -0.494 e. The summed E-state index contributed by atoms with van der Waals surface area (Å²) in [5.74, 6) is 0.255. The van der Waals surface area contributed by atoms with Crippen molar-refractivity contribution in [3.63, 3.8) is 0 Å². The maximum atomic E-state index is 12.4. The molecule has 0 saturated carbocycles. The zero-order valence-electron chi connectivity index (χ0n) is 15.9. The Balaban J connectivity index is 2.10. The summed E-state index contributed by atoms with van der Waals surface area (Å²) in [6, 6.07) is 14.1. The Bertz CT molecular complexity index is 847. The molecular formula is C20H26N2O4S. The van der Waals surface area contributed by atoms with E-state index in [9.17, 15) is 13.2 Å². The molecule has 0 unspecified atom stereocenters. The van der Waals surface area contributed by atoms with Gasteiger partial charge in [-0.05, 0) is 54.8 Å². The van der Waals surface area contributed by atoms with Gasteiger partial charge in [-0.1, -0.05) is 26.0 Å². The first-order valence-electron chi connectivity index (χ1n) is 8.92. The molecular weight excluding hydrogens is 364 g/mol. The van der Waals surface area contributed by atoms with Gasteiger partial charge in [0.1, 0.15) is 12.3 Å². The van der Waals surface area contributed by atoms with Gasteiger partial charge in [0.05, 0.1) is 18.6 Å². The first-order valence-corrected chi connectivity index (χ1v) is 10.8. The summed E-state index contributed by atoms with van der Waals surface area (Å²) in [6.07, 6.45) is 2.88. The SMILES string of the molecule is CCCOc1ccc(N(CC(=O)Nc2ccc(CC)cc2)S(C)(=O)=O)cc1. The molecule has 0 aliphatic heterocycles. The monoisotopic (exact) mass is 390 g/mol. The van der Waals surface area contributed by atoms with Gasteiger partial charge < -0.3 is 10.1 Å². The van der Waals surface area contributed by atoms with Crippen LogP contribution >= 0.6 is 0 Å². The van der Waals surface area contributed by atoms with E-state index in [0.717, 1.165) is 29.0 Å². The lowest BCUT2D eigenvalue weighted by Crippen LogP contribution is -2.37. The fourth-order valence-electron chi connectivity index (χ4n) is 2.48. The van der Waals surface area contributed by atoms with Crippen LogP contribution in [-0.2, 0) is 21.2 Å². The number of hydrogen-bond donors (Lipinski definition) is 1. The fourth-order valence-corrected chi connectivity index (χ4v) is 3.34. The van der Waals surface area contributed by atoms with E-state index in [2.05, 4.69) is 12.2 Å². The molecule has 1 N–H and O–H groups in total. The summed E-state index contributed by atoms with van der Waals surface area (Å²) in [6.45, 7) is 4.35. The van der Waals surface area contributed by atoms with Crippen LogP contribution in [0.1, 0.15) is 25.8 Å². The highest BCUT2D eigenvalue weighted by Gasteiger charge is 2.21. The molecule has 27 heavy (non-hydrogen) atoms. The van der Waals surface area contributed by atoms with Crippen molar-refractivity contribution in [3.8, 4) is 5.75 Å². The van der Waals surface area contributed by atoms with Crippen LogP contribution in [0, 0.1) is 0 Å². The summed E-state index contributed by atoms with van der Waals surface area (Å²) in [7, 11) is -3.61. The summed E-state index contributed by atoms with van der Waals surface area (Å²) in [5.41, 5.74) is 2.21. The van der Waals surface area contributed by atoms with Crippen LogP contribution in [0.3, 0.4) is 0 Å². The Kier molecular flexibility index (Phi) is 7.24. The molecule has 6 nitrogen and oxygen atoms in total. The van der Waals surface area contributed by atoms with Gasteiger partial charge in [0.25, 0.3) is 0 Å². The third-order valence-electron chi connectivity index (χ3n) is 3.93. The van der Waals surface area contributed by atoms with E-state index >= 15 is 0 Å². The van der Waals surface area contributed by atoms with Crippen LogP contribution in [0.25, 0.3) is 0 Å². The maximum absolute atomic E-state index is 12.4. The van der Waals surface area contributed by atoms with Crippen LogP contribution in [0.4, 0.5) is 11.4 Å². The number of nitrogens with zero attached hydrogens (tertiary/aromatic N) is 1. The number of ether oxygens (including phenoxy) is 1. The van der Waals surface area contributed by atoms with E-state index in [1.165, 1.54) is 0 Å². The second-order valence-corrected chi connectivity index (χ2v) is 8.12. The lowest BCUT2D eigenvalue weighted by Gasteiger charge is -2.22. The van der Waals surface area contributed by atoms with Crippen molar-refractivity contribution in [3.05, 3.63) is 54.1 Å². The number of rotatable bonds is 9. The summed E-state index contributed by atoms with van der Waals surface area (Å²) < 4.78 is 30.9. The maximum Gasteiger partial charge on any atom is 0.245 e. The first kappa shape index (κ1) is 20.8. The van der Waals surface area contributed by atoms with E-state index in [-0.39, 0.29) is 6.54 Å². The molecule has 0 fully saturated rings. The Hall–Kier alpha value is -2.54.